The lowest BCUT2D eigenvalue weighted by Gasteiger charge is -2.17. The van der Waals surface area contributed by atoms with Gasteiger partial charge < -0.3 is 16.8 Å². The molecule has 0 aliphatic rings. The SMILES string of the molecule is CC(=O)NC(C(=O)NNC(N)=N[N+](=O)[O-])C(=O)NNC(N)=N[N+](=O)[O-]. The summed E-state index contributed by atoms with van der Waals surface area (Å²) in [4.78, 5) is 54.8. The van der Waals surface area contributed by atoms with Crippen molar-refractivity contribution in [2.45, 2.75) is 13.0 Å². The van der Waals surface area contributed by atoms with Gasteiger partial charge in [0, 0.05) is 6.92 Å². The number of carbonyl (C=O) groups excluding carboxylic acids is 3. The van der Waals surface area contributed by atoms with Crippen LogP contribution >= 0.6 is 0 Å². The molecule has 0 aromatic rings. The van der Waals surface area contributed by atoms with E-state index in [1.165, 1.54) is 0 Å². The highest BCUT2D eigenvalue weighted by atomic mass is 16.7. The van der Waals surface area contributed by atoms with Crippen LogP contribution in [0.5, 0.6) is 0 Å². The van der Waals surface area contributed by atoms with Crippen LogP contribution in [0.15, 0.2) is 10.2 Å². The third-order valence-corrected chi connectivity index (χ3v) is 1.88. The van der Waals surface area contributed by atoms with Crippen LogP contribution < -0.4 is 38.5 Å². The number of nitrogens with zero attached hydrogens (tertiary/aromatic N) is 4. The van der Waals surface area contributed by atoms with Gasteiger partial charge in [-0.25, -0.2) is 20.2 Å². The van der Waals surface area contributed by atoms with E-state index in [1.54, 1.807) is 10.9 Å². The highest BCUT2D eigenvalue weighted by Crippen LogP contribution is 1.85. The van der Waals surface area contributed by atoms with Crippen LogP contribution in [-0.2, 0) is 14.4 Å². The summed E-state index contributed by atoms with van der Waals surface area (Å²) in [6, 6.07) is -1.87. The Morgan fingerprint density at radius 3 is 1.52 bits per heavy atom. The zero-order chi connectivity index (χ0) is 19.6. The Labute approximate surface area is 137 Å². The third-order valence-electron chi connectivity index (χ3n) is 1.88. The Hall–Kier alpha value is -4.25. The van der Waals surface area contributed by atoms with Crippen molar-refractivity contribution >= 4 is 29.6 Å². The van der Waals surface area contributed by atoms with Gasteiger partial charge in [-0.1, -0.05) is 0 Å². The number of hydrogen-bond acceptors (Lipinski definition) is 7. The molecule has 18 nitrogen and oxygen atoms in total. The van der Waals surface area contributed by atoms with E-state index in [-0.39, 0.29) is 0 Å². The third kappa shape index (κ3) is 9.38. The molecule has 0 aromatic carbocycles. The van der Waals surface area contributed by atoms with Crippen LogP contribution in [0.2, 0.25) is 0 Å². The van der Waals surface area contributed by atoms with Gasteiger partial charge in [0.15, 0.2) is 16.1 Å². The largest absolute Gasteiger partial charge is 0.363 e. The minimum atomic E-state index is -1.87. The van der Waals surface area contributed by atoms with E-state index in [0.717, 1.165) is 6.92 Å². The predicted octanol–water partition coefficient (Wildman–Crippen LogP) is -5.25. The van der Waals surface area contributed by atoms with Gasteiger partial charge in [-0.3, -0.25) is 36.1 Å². The molecule has 0 fully saturated rings. The quantitative estimate of drug-likeness (QED) is 0.0796. The standard InChI is InChI=1S/C7H13N11O7/c1-2(19)10-3(4(20)11-13-6(8)15-17(22)23)5(21)12-14-7(9)16-18(24)25/h3H,1H3,(H,10,19)(H,11,20)(H,12,21)(H3,8,13,15)(H3,9,14,16). The molecule has 3 amide bonds. The Kier molecular flexibility index (Phi) is 8.05. The molecule has 0 unspecified atom stereocenters. The lowest BCUT2D eigenvalue weighted by Crippen LogP contribution is -2.61. The fourth-order valence-corrected chi connectivity index (χ4v) is 1.07. The Morgan fingerprint density at radius 2 is 1.24 bits per heavy atom. The van der Waals surface area contributed by atoms with Crippen LogP contribution in [0.4, 0.5) is 0 Å². The van der Waals surface area contributed by atoms with Crippen molar-refractivity contribution < 1.29 is 24.4 Å². The highest BCUT2D eigenvalue weighted by Gasteiger charge is 2.28. The molecule has 18 heteroatoms. The smallest absolute Gasteiger partial charge is 0.284 e. The van der Waals surface area contributed by atoms with Crippen molar-refractivity contribution in [1.29, 1.82) is 0 Å². The number of amides is 3. The zero-order valence-corrected chi connectivity index (χ0v) is 12.4. The average molecular weight is 363 g/mol. The summed E-state index contributed by atoms with van der Waals surface area (Å²) >= 11 is 0. The van der Waals surface area contributed by atoms with Gasteiger partial charge in [-0.15, -0.1) is 0 Å². The molecule has 0 bridgehead atoms. The van der Waals surface area contributed by atoms with E-state index in [1.807, 2.05) is 16.2 Å². The Morgan fingerprint density at radius 1 is 0.880 bits per heavy atom. The number of hydrazine groups is 2. The number of carbonyl (C=O) groups is 3. The number of nitro groups is 2. The molecule has 0 saturated heterocycles. The minimum absolute atomic E-state index is 0.797. The normalized spacial score (nSPS) is 12.4. The fraction of sp³-hybridized carbons (Fsp3) is 0.286. The summed E-state index contributed by atoms with van der Waals surface area (Å²) in [5.41, 5.74) is 17.2. The second-order valence-electron chi connectivity index (χ2n) is 3.81. The lowest BCUT2D eigenvalue weighted by atomic mass is 10.2. The van der Waals surface area contributed by atoms with Gasteiger partial charge >= 0.3 is 0 Å². The molecule has 0 atom stereocenters. The molecule has 138 valence electrons. The van der Waals surface area contributed by atoms with E-state index in [2.05, 4.69) is 10.2 Å². The maximum atomic E-state index is 11.8. The number of guanidine groups is 2. The summed E-state index contributed by atoms with van der Waals surface area (Å²) in [7, 11) is 0. The second kappa shape index (κ2) is 9.70. The summed E-state index contributed by atoms with van der Waals surface area (Å²) in [5.74, 6) is -4.85. The highest BCUT2D eigenvalue weighted by molar-refractivity contribution is 6.07. The summed E-state index contributed by atoms with van der Waals surface area (Å²) < 4.78 is 0. The summed E-state index contributed by atoms with van der Waals surface area (Å²) in [5, 5.41) is 24.9. The maximum absolute atomic E-state index is 11.8. The van der Waals surface area contributed by atoms with Gasteiger partial charge in [-0.2, -0.15) is 0 Å². The van der Waals surface area contributed by atoms with E-state index in [9.17, 15) is 34.6 Å². The second-order valence-corrected chi connectivity index (χ2v) is 3.81. The van der Waals surface area contributed by atoms with Gasteiger partial charge in [-0.05, 0) is 0 Å². The van der Waals surface area contributed by atoms with Crippen LogP contribution in [-0.4, -0.2) is 45.7 Å². The number of hydrazone groups is 2. The number of hydrogen-bond donors (Lipinski definition) is 7. The van der Waals surface area contributed by atoms with Crippen LogP contribution in [0.1, 0.15) is 6.92 Å². The van der Waals surface area contributed by atoms with Gasteiger partial charge in [0.1, 0.15) is 10.2 Å². The van der Waals surface area contributed by atoms with Crippen molar-refractivity contribution in [3.63, 3.8) is 0 Å². The van der Waals surface area contributed by atoms with Crippen molar-refractivity contribution in [3.05, 3.63) is 20.2 Å². The Balaban J connectivity index is 4.89. The first kappa shape index (κ1) is 20.8. The zero-order valence-electron chi connectivity index (χ0n) is 12.4. The molecular weight excluding hydrogens is 350 g/mol. The topological polar surface area (TPSA) is 274 Å². The summed E-state index contributed by atoms with van der Waals surface area (Å²) in [6.45, 7) is 0.986. The minimum Gasteiger partial charge on any atom is -0.363 e. The van der Waals surface area contributed by atoms with Gasteiger partial charge in [0.25, 0.3) is 23.7 Å². The molecule has 9 N–H and O–H groups in total. The molecule has 0 aliphatic heterocycles. The first-order valence-corrected chi connectivity index (χ1v) is 5.88. The van der Waals surface area contributed by atoms with Crippen molar-refractivity contribution in [1.82, 2.24) is 27.0 Å². The van der Waals surface area contributed by atoms with Crippen LogP contribution in [0, 0.1) is 20.2 Å². The van der Waals surface area contributed by atoms with E-state index in [0.29, 0.717) is 0 Å². The first-order chi connectivity index (χ1) is 11.5. The van der Waals surface area contributed by atoms with Crippen molar-refractivity contribution in [2.75, 3.05) is 0 Å². The van der Waals surface area contributed by atoms with E-state index >= 15 is 0 Å². The molecular formula is C7H13N11O7. The van der Waals surface area contributed by atoms with E-state index in [4.69, 9.17) is 11.5 Å². The van der Waals surface area contributed by atoms with Gasteiger partial charge in [0.2, 0.25) is 5.91 Å². The lowest BCUT2D eigenvalue weighted by molar-refractivity contribution is -0.485. The van der Waals surface area contributed by atoms with E-state index < -0.39 is 45.7 Å². The van der Waals surface area contributed by atoms with Crippen LogP contribution in [0.3, 0.4) is 0 Å². The number of nitrogens with one attached hydrogen (secondary N) is 5. The molecule has 25 heavy (non-hydrogen) atoms. The molecule has 0 radical (unpaired) electrons. The molecule has 0 rings (SSSR count). The van der Waals surface area contributed by atoms with Crippen LogP contribution in [0.25, 0.3) is 0 Å². The first-order valence-electron chi connectivity index (χ1n) is 5.88. The molecule has 0 aliphatic carbocycles. The predicted molar refractivity (Wildman–Crippen MR) is 77.4 cm³/mol. The Bertz CT molecular complexity index is 582. The maximum Gasteiger partial charge on any atom is 0.284 e. The number of rotatable bonds is 5. The molecule has 0 saturated carbocycles. The fourth-order valence-electron chi connectivity index (χ4n) is 1.07. The molecule has 0 heterocycles. The number of nitrogens with two attached hydrogens (primary N) is 2. The van der Waals surface area contributed by atoms with Crippen molar-refractivity contribution in [2.24, 2.45) is 21.7 Å². The monoisotopic (exact) mass is 363 g/mol. The van der Waals surface area contributed by atoms with Crippen molar-refractivity contribution in [3.8, 4) is 0 Å². The van der Waals surface area contributed by atoms with Gasteiger partial charge in [0.05, 0.1) is 0 Å². The average Bonchev–Trinajstić information content (AvgIpc) is 2.46. The summed E-state index contributed by atoms with van der Waals surface area (Å²) in [6.07, 6.45) is 0. The molecule has 0 aromatic heterocycles. The molecule has 0 spiro atoms.